The van der Waals surface area contributed by atoms with Crippen LogP contribution in [0.2, 0.25) is 0 Å². The Morgan fingerprint density at radius 3 is 0.850 bits per heavy atom. The fraction of sp³-hybridized carbons (Fsp3) is 1.00. The van der Waals surface area contributed by atoms with Gasteiger partial charge in [0.05, 0.1) is 37.5 Å². The zero-order valence-electron chi connectivity index (χ0n) is 14.3. The molecule has 0 spiro atoms. The summed E-state index contributed by atoms with van der Waals surface area (Å²) in [6.07, 6.45) is 0.219. The van der Waals surface area contributed by atoms with E-state index in [2.05, 4.69) is 0 Å². The average molecular weight is 292 g/mol. The van der Waals surface area contributed by atoms with Crippen molar-refractivity contribution >= 4 is 0 Å². The third-order valence-corrected chi connectivity index (χ3v) is 1.78. The molecule has 0 amide bonds. The number of hydrogen-bond donors (Lipinski definition) is 0. The molecule has 122 valence electrons. The molecule has 6 nitrogen and oxygen atoms in total. The van der Waals surface area contributed by atoms with Crippen LogP contribution in [0.1, 0.15) is 55.4 Å². The molecule has 0 N–H and O–H groups in total. The van der Waals surface area contributed by atoms with E-state index in [1.807, 2.05) is 55.4 Å². The number of hydroxylamine groups is 4. The van der Waals surface area contributed by atoms with Gasteiger partial charge in [-0.1, -0.05) is 10.5 Å². The van der Waals surface area contributed by atoms with E-state index in [1.54, 1.807) is 0 Å². The van der Waals surface area contributed by atoms with Gasteiger partial charge in [0, 0.05) is 0 Å². The Bertz CT molecular complexity index is 191. The molecule has 0 aromatic carbocycles. The third-order valence-electron chi connectivity index (χ3n) is 1.78. The first kappa shape index (κ1) is 19.8. The highest BCUT2D eigenvalue weighted by atomic mass is 17.0. The molecule has 20 heavy (non-hydrogen) atoms. The smallest absolute Gasteiger partial charge is 0.0763 e. The molecule has 0 aromatic rings. The maximum atomic E-state index is 5.59. The maximum absolute atomic E-state index is 5.59. The summed E-state index contributed by atoms with van der Waals surface area (Å²) in [7, 11) is 0. The predicted molar refractivity (Wildman–Crippen MR) is 78.3 cm³/mol. The van der Waals surface area contributed by atoms with Crippen molar-refractivity contribution < 1.29 is 19.4 Å². The third kappa shape index (κ3) is 11.6. The zero-order chi connectivity index (χ0) is 15.7. The molecule has 0 aliphatic rings. The van der Waals surface area contributed by atoms with Crippen LogP contribution in [0.15, 0.2) is 0 Å². The van der Waals surface area contributed by atoms with Crippen molar-refractivity contribution in [3.63, 3.8) is 0 Å². The van der Waals surface area contributed by atoms with Crippen LogP contribution in [0, 0.1) is 0 Å². The van der Waals surface area contributed by atoms with Gasteiger partial charge < -0.3 is 0 Å². The summed E-state index contributed by atoms with van der Waals surface area (Å²) in [5.74, 6) is 0. The van der Waals surface area contributed by atoms with E-state index in [-0.39, 0.29) is 24.4 Å². The van der Waals surface area contributed by atoms with Gasteiger partial charge in [-0.15, -0.1) is 0 Å². The normalized spacial score (nSPS) is 12.9. The Labute approximate surface area is 123 Å². The summed E-state index contributed by atoms with van der Waals surface area (Å²) in [5.41, 5.74) is 0. The lowest BCUT2D eigenvalue weighted by atomic mass is 10.5. The second-order valence-corrected chi connectivity index (χ2v) is 5.73. The standard InChI is InChI=1S/C14H32N2O4/c1-11(2)17-15(18-12(3)4)9-10-16(19-13(5)6)20-14(7)8/h11-14H,9-10H2,1-8H3. The molecule has 6 heteroatoms. The molecule has 0 aliphatic carbocycles. The van der Waals surface area contributed by atoms with Crippen molar-refractivity contribution in [2.75, 3.05) is 13.1 Å². The minimum Gasteiger partial charge on any atom is -0.271 e. The van der Waals surface area contributed by atoms with Crippen LogP contribution in [-0.4, -0.2) is 48.0 Å². The summed E-state index contributed by atoms with van der Waals surface area (Å²) >= 11 is 0. The molecule has 0 rings (SSSR count). The quantitative estimate of drug-likeness (QED) is 0.546. The second-order valence-electron chi connectivity index (χ2n) is 5.73. The van der Waals surface area contributed by atoms with E-state index >= 15 is 0 Å². The maximum Gasteiger partial charge on any atom is 0.0763 e. The molecule has 0 radical (unpaired) electrons. The molecular weight excluding hydrogens is 260 g/mol. The first-order chi connectivity index (χ1) is 9.20. The van der Waals surface area contributed by atoms with Crippen molar-refractivity contribution in [2.24, 2.45) is 0 Å². The minimum atomic E-state index is 0.0548. The van der Waals surface area contributed by atoms with Gasteiger partial charge >= 0.3 is 0 Å². The van der Waals surface area contributed by atoms with E-state index in [0.29, 0.717) is 13.1 Å². The summed E-state index contributed by atoms with van der Waals surface area (Å²) in [4.78, 5) is 22.4. The van der Waals surface area contributed by atoms with Crippen LogP contribution in [0.4, 0.5) is 0 Å². The van der Waals surface area contributed by atoms with Crippen molar-refractivity contribution in [3.05, 3.63) is 0 Å². The molecule has 0 aromatic heterocycles. The van der Waals surface area contributed by atoms with E-state index in [9.17, 15) is 0 Å². The fourth-order valence-electron chi connectivity index (χ4n) is 1.36. The van der Waals surface area contributed by atoms with Gasteiger partial charge in [0.15, 0.2) is 0 Å². The Kier molecular flexibility index (Phi) is 10.4. The Balaban J connectivity index is 4.35. The summed E-state index contributed by atoms with van der Waals surface area (Å²) < 4.78 is 0. The highest BCUT2D eigenvalue weighted by Gasteiger charge is 2.16. The van der Waals surface area contributed by atoms with Gasteiger partial charge in [0.2, 0.25) is 0 Å². The summed E-state index contributed by atoms with van der Waals surface area (Å²) in [6, 6.07) is 0. The summed E-state index contributed by atoms with van der Waals surface area (Å²) in [6.45, 7) is 16.7. The number of nitrogens with zero attached hydrogens (tertiary/aromatic N) is 2. The molecule has 0 atom stereocenters. The highest BCUT2D eigenvalue weighted by Crippen LogP contribution is 2.06. The fourth-order valence-corrected chi connectivity index (χ4v) is 1.36. The van der Waals surface area contributed by atoms with Gasteiger partial charge in [-0.2, -0.15) is 0 Å². The van der Waals surface area contributed by atoms with Crippen LogP contribution in [0.25, 0.3) is 0 Å². The Morgan fingerprint density at radius 1 is 0.500 bits per heavy atom. The summed E-state index contributed by atoms with van der Waals surface area (Å²) in [5, 5.41) is 2.99. The minimum absolute atomic E-state index is 0.0548. The second kappa shape index (κ2) is 10.5. The highest BCUT2D eigenvalue weighted by molar-refractivity contribution is 4.44. The van der Waals surface area contributed by atoms with Crippen molar-refractivity contribution in [1.82, 2.24) is 10.5 Å². The van der Waals surface area contributed by atoms with Gasteiger partial charge in [0.1, 0.15) is 0 Å². The first-order valence-corrected chi connectivity index (χ1v) is 7.42. The van der Waals surface area contributed by atoms with Gasteiger partial charge in [0.25, 0.3) is 0 Å². The molecule has 0 fully saturated rings. The van der Waals surface area contributed by atoms with Gasteiger partial charge in [-0.05, 0) is 55.4 Å². The van der Waals surface area contributed by atoms with Crippen LogP contribution in [0.5, 0.6) is 0 Å². The molecule has 0 saturated heterocycles. The lowest BCUT2D eigenvalue weighted by Gasteiger charge is -2.29. The van der Waals surface area contributed by atoms with E-state index in [0.717, 1.165) is 0 Å². The van der Waals surface area contributed by atoms with Crippen LogP contribution < -0.4 is 0 Å². The lowest BCUT2D eigenvalue weighted by Crippen LogP contribution is -2.39. The topological polar surface area (TPSA) is 43.4 Å². The van der Waals surface area contributed by atoms with Crippen LogP contribution in [0.3, 0.4) is 0 Å². The molecular formula is C14H32N2O4. The van der Waals surface area contributed by atoms with Crippen molar-refractivity contribution in [1.29, 1.82) is 0 Å². The number of rotatable bonds is 11. The average Bonchev–Trinajstić information content (AvgIpc) is 2.22. The van der Waals surface area contributed by atoms with Crippen LogP contribution >= 0.6 is 0 Å². The molecule has 0 bridgehead atoms. The van der Waals surface area contributed by atoms with Gasteiger partial charge in [-0.25, -0.2) is 0 Å². The largest absolute Gasteiger partial charge is 0.271 e. The van der Waals surface area contributed by atoms with E-state index in [1.165, 1.54) is 10.5 Å². The van der Waals surface area contributed by atoms with E-state index in [4.69, 9.17) is 19.4 Å². The van der Waals surface area contributed by atoms with Crippen molar-refractivity contribution in [3.8, 4) is 0 Å². The molecule has 0 unspecified atom stereocenters. The molecule has 0 saturated carbocycles. The Hall–Kier alpha value is -0.240. The SMILES string of the molecule is CC(C)ON(CCN(OC(C)C)OC(C)C)OC(C)C. The zero-order valence-corrected chi connectivity index (χ0v) is 14.3. The van der Waals surface area contributed by atoms with Crippen LogP contribution in [-0.2, 0) is 19.4 Å². The van der Waals surface area contributed by atoms with Crippen molar-refractivity contribution in [2.45, 2.75) is 79.8 Å². The molecule has 0 aliphatic heterocycles. The molecule has 0 heterocycles. The number of hydrogen-bond acceptors (Lipinski definition) is 6. The monoisotopic (exact) mass is 292 g/mol. The predicted octanol–water partition coefficient (Wildman–Crippen LogP) is 2.95. The first-order valence-electron chi connectivity index (χ1n) is 7.42. The lowest BCUT2D eigenvalue weighted by molar-refractivity contribution is -0.425. The van der Waals surface area contributed by atoms with E-state index < -0.39 is 0 Å². The van der Waals surface area contributed by atoms with Gasteiger partial charge in [-0.3, -0.25) is 19.4 Å². The Morgan fingerprint density at radius 2 is 0.700 bits per heavy atom.